The first-order valence-corrected chi connectivity index (χ1v) is 40.2. The second kappa shape index (κ2) is 68.8. The highest BCUT2D eigenvalue weighted by Crippen LogP contribution is 2.19. The Kier molecular flexibility index (Phi) is 65.9. The van der Waals surface area contributed by atoms with Gasteiger partial charge in [0.15, 0.2) is 0 Å². The van der Waals surface area contributed by atoms with Gasteiger partial charge in [0.05, 0.1) is 31.3 Å². The Morgan fingerprint density at radius 3 is 1.32 bits per heavy atom. The molecule has 7 amide bonds. The summed E-state index contributed by atoms with van der Waals surface area (Å²) in [7, 11) is 0. The third kappa shape index (κ3) is 60.3. The minimum absolute atomic E-state index is 0.0277. The van der Waals surface area contributed by atoms with Gasteiger partial charge in [-0.05, 0) is 145 Å². The van der Waals surface area contributed by atoms with Gasteiger partial charge in [-0.2, -0.15) is 0 Å². The summed E-state index contributed by atoms with van der Waals surface area (Å²) in [6.45, 7) is 47.1. The smallest absolute Gasteiger partial charge is 0.239 e. The molecule has 4 aromatic carbocycles. The topological polar surface area (TPSA) is 239 Å². The molecular formula is C91H147N9O8. The minimum Gasteiger partial charge on any atom is -0.492 e. The van der Waals surface area contributed by atoms with Gasteiger partial charge in [0.2, 0.25) is 41.4 Å². The predicted octanol–water partition coefficient (Wildman–Crippen LogP) is 20.5. The zero-order valence-corrected chi connectivity index (χ0v) is 71.0. The van der Waals surface area contributed by atoms with E-state index in [2.05, 4.69) is 102 Å². The number of hydrogen-bond acceptors (Lipinski definition) is 10. The number of amides is 7. The minimum atomic E-state index is -0.132. The molecule has 0 fully saturated rings. The van der Waals surface area contributed by atoms with Crippen LogP contribution >= 0.6 is 0 Å². The van der Waals surface area contributed by atoms with Gasteiger partial charge in [0, 0.05) is 79.2 Å². The van der Waals surface area contributed by atoms with Gasteiger partial charge in [-0.15, -0.1) is 0 Å². The van der Waals surface area contributed by atoms with Gasteiger partial charge in [0.25, 0.3) is 0 Å². The highest BCUT2D eigenvalue weighted by Gasteiger charge is 2.18. The number of rotatable bonds is 33. The summed E-state index contributed by atoms with van der Waals surface area (Å²) < 4.78 is 5.24. The van der Waals surface area contributed by atoms with Crippen molar-refractivity contribution in [3.63, 3.8) is 0 Å². The lowest BCUT2D eigenvalue weighted by atomic mass is 9.99. The first kappa shape index (κ1) is 103. The number of hydrogen-bond donors (Lipinski definition) is 7. The van der Waals surface area contributed by atoms with Gasteiger partial charge in [-0.1, -0.05) is 271 Å². The molecule has 108 heavy (non-hydrogen) atoms. The van der Waals surface area contributed by atoms with E-state index < -0.39 is 0 Å². The molecule has 2 heterocycles. The van der Waals surface area contributed by atoms with Crippen molar-refractivity contribution in [2.24, 2.45) is 23.7 Å². The van der Waals surface area contributed by atoms with E-state index in [-0.39, 0.29) is 77.6 Å². The first-order chi connectivity index (χ1) is 51.5. The molecule has 0 bridgehead atoms. The summed E-state index contributed by atoms with van der Waals surface area (Å²) in [6, 6.07) is 43.5. The highest BCUT2D eigenvalue weighted by molar-refractivity contribution is 5.92. The predicted molar refractivity (Wildman–Crippen MR) is 455 cm³/mol. The van der Waals surface area contributed by atoms with Crippen LogP contribution in [0.4, 0.5) is 11.4 Å². The van der Waals surface area contributed by atoms with Crippen LogP contribution in [-0.4, -0.2) is 84.1 Å². The fourth-order valence-electron chi connectivity index (χ4n) is 9.03. The molecule has 6 rings (SSSR count). The molecule has 0 saturated carbocycles. The molecule has 0 radical (unpaired) electrons. The Bertz CT molecular complexity index is 3200. The molecular weight excluding hydrogens is 1350 g/mol. The van der Waals surface area contributed by atoms with Crippen molar-refractivity contribution >= 4 is 52.7 Å². The van der Waals surface area contributed by atoms with Crippen LogP contribution in [0.5, 0.6) is 5.75 Å². The van der Waals surface area contributed by atoms with Crippen LogP contribution in [0.3, 0.4) is 0 Å². The monoisotopic (exact) mass is 1490 g/mol. The molecule has 7 N–H and O–H groups in total. The summed E-state index contributed by atoms with van der Waals surface area (Å²) in [5.41, 5.74) is 9.87. The van der Waals surface area contributed by atoms with Crippen molar-refractivity contribution in [2.75, 3.05) is 43.4 Å². The van der Waals surface area contributed by atoms with E-state index in [1.807, 2.05) is 224 Å². The lowest BCUT2D eigenvalue weighted by molar-refractivity contribution is -0.127. The maximum atomic E-state index is 12.2. The standard InChI is InChI=1S/C17H19NO.C12H26.C11H15NO.C10H13NO.C10H21NO.C9H18N2O2.C9H13NO.C8H11N.C5H11NO/c1-13(15-9-5-3-6-10-15)17(19)18-14(2)16-11-7-4-8-12-16;1-4-5-6-7-8-9-10-11-12(2)3;1-8(2)11(13)12-10-6-4-9(3)5-7-10;1-3-10(12)11-9-6-4-8(2)5-7-9;1-4-5-6-7-8-11-10(12)9(2)3;1-4-5-10-8(12)6-11-9(13)7(2)3;1-3-8-5-6-9(7-10-8)11-4-2;1-3-8-6-7(2)4-5-9-8;1-3-5(7)6-4-2/h3-14H,1-2H3,(H,18,19);12H,4-11H2,1-3H3;4-8H,1-3H3,(H,12,13);4-7H,3H2,1-2H3,(H,11,12);9H,4-8H2,1-3H3,(H,11,12);7H,4-6H2,1-3H3,(H,10,12)(H,11,13);5-7H,3-4H2,1-2H3;4-6H,3H2,1-2H3;3-4H2,1-2H3,(H,6,7). The fourth-order valence-corrected chi connectivity index (χ4v) is 9.03. The molecule has 17 nitrogen and oxygen atoms in total. The molecule has 0 spiro atoms. The summed E-state index contributed by atoms with van der Waals surface area (Å²) in [6.07, 6.45) is 24.0. The molecule has 0 aliphatic rings. The molecule has 6 aromatic rings. The Morgan fingerprint density at radius 2 is 0.898 bits per heavy atom. The first-order valence-electron chi connectivity index (χ1n) is 40.2. The summed E-state index contributed by atoms with van der Waals surface area (Å²) >= 11 is 0. The quantitative estimate of drug-likeness (QED) is 0.0192. The molecule has 0 saturated heterocycles. The van der Waals surface area contributed by atoms with Crippen molar-refractivity contribution in [1.82, 2.24) is 36.6 Å². The van der Waals surface area contributed by atoms with Gasteiger partial charge < -0.3 is 42.0 Å². The average molecular weight is 1500 g/mol. The maximum absolute atomic E-state index is 12.2. The van der Waals surface area contributed by atoms with E-state index in [0.717, 1.165) is 78.6 Å². The number of ether oxygens (including phenoxy) is 1. The summed E-state index contributed by atoms with van der Waals surface area (Å²) in [4.78, 5) is 86.2. The zero-order valence-electron chi connectivity index (χ0n) is 71.0. The van der Waals surface area contributed by atoms with E-state index in [4.69, 9.17) is 4.74 Å². The van der Waals surface area contributed by atoms with Crippen LogP contribution < -0.4 is 42.0 Å². The molecule has 0 aliphatic carbocycles. The number of aryl methyl sites for hydroxylation is 5. The number of unbranched alkanes of at least 4 members (excludes halogenated alkanes) is 9. The van der Waals surface area contributed by atoms with E-state index >= 15 is 0 Å². The van der Waals surface area contributed by atoms with Crippen LogP contribution in [0.15, 0.2) is 146 Å². The number of anilines is 2. The fraction of sp³-hybridized carbons (Fsp3) is 0.549. The number of pyridine rings is 2. The third-order valence-corrected chi connectivity index (χ3v) is 16.1. The normalized spacial score (nSPS) is 10.5. The Balaban J connectivity index is -0.00000116. The molecule has 0 aliphatic heterocycles. The van der Waals surface area contributed by atoms with Gasteiger partial charge >= 0.3 is 0 Å². The average Bonchev–Trinajstić information content (AvgIpc) is 0.871. The van der Waals surface area contributed by atoms with Crippen molar-refractivity contribution in [1.29, 1.82) is 0 Å². The van der Waals surface area contributed by atoms with E-state index in [9.17, 15) is 33.6 Å². The van der Waals surface area contributed by atoms with Crippen molar-refractivity contribution in [2.45, 2.75) is 273 Å². The van der Waals surface area contributed by atoms with Crippen molar-refractivity contribution in [3.8, 4) is 5.75 Å². The molecule has 2 aromatic heterocycles. The number of aromatic nitrogens is 2. The number of nitrogens with zero attached hydrogens (tertiary/aromatic N) is 2. The molecule has 17 heteroatoms. The highest BCUT2D eigenvalue weighted by atomic mass is 16.5. The summed E-state index contributed by atoms with van der Waals surface area (Å²) in [5.74, 6) is 1.95. The number of carbonyl (C=O) groups is 7. The zero-order chi connectivity index (χ0) is 81.9. The Hall–Kier alpha value is -8.73. The van der Waals surface area contributed by atoms with Gasteiger partial charge in [0.1, 0.15) is 5.75 Å². The lowest BCUT2D eigenvalue weighted by Gasteiger charge is -2.18. The van der Waals surface area contributed by atoms with Crippen LogP contribution in [0.1, 0.15) is 279 Å². The maximum Gasteiger partial charge on any atom is 0.239 e. The van der Waals surface area contributed by atoms with E-state index in [0.29, 0.717) is 26.0 Å². The number of benzene rings is 4. The second-order valence-corrected chi connectivity index (χ2v) is 27.8. The van der Waals surface area contributed by atoms with E-state index in [1.165, 1.54) is 93.0 Å². The molecule has 604 valence electrons. The third-order valence-electron chi connectivity index (χ3n) is 16.1. The van der Waals surface area contributed by atoms with Crippen LogP contribution in [0.2, 0.25) is 0 Å². The molecule has 2 unspecified atom stereocenters. The largest absolute Gasteiger partial charge is 0.492 e. The van der Waals surface area contributed by atoms with Crippen LogP contribution in [0, 0.1) is 44.4 Å². The number of nitrogens with one attached hydrogen (secondary N) is 7. The second-order valence-electron chi connectivity index (χ2n) is 27.8. The molecule has 2 atom stereocenters. The van der Waals surface area contributed by atoms with E-state index in [1.54, 1.807) is 20.0 Å². The Morgan fingerprint density at radius 1 is 0.407 bits per heavy atom. The van der Waals surface area contributed by atoms with Crippen molar-refractivity contribution < 1.29 is 38.3 Å². The van der Waals surface area contributed by atoms with Crippen molar-refractivity contribution in [3.05, 3.63) is 185 Å². The Labute approximate surface area is 655 Å². The lowest BCUT2D eigenvalue weighted by Crippen LogP contribution is -2.38. The summed E-state index contributed by atoms with van der Waals surface area (Å²) in [5, 5.41) is 19.4. The SMILES string of the molecule is CC(NC(=O)C(C)c1ccccc1)c1ccccc1.CCC(=O)Nc1ccc(C)cc1.CCCCCCCCCC(C)C.CCCCCCNC(=O)C(C)C.CCCNC(=O)CNC(=O)C(C)C.CCNC(=O)CC.CCOc1ccc(CC)nc1.CCc1cc(C)ccn1.Cc1ccc(NC(=O)C(C)C)cc1. The van der Waals surface area contributed by atoms with Crippen LogP contribution in [-0.2, 0) is 46.4 Å². The number of carbonyl (C=O) groups excluding carboxylic acids is 7. The van der Waals surface area contributed by atoms with Crippen LogP contribution in [0.25, 0.3) is 0 Å². The van der Waals surface area contributed by atoms with Gasteiger partial charge in [-0.25, -0.2) is 0 Å². The van der Waals surface area contributed by atoms with Gasteiger partial charge in [-0.3, -0.25) is 43.5 Å².